The minimum atomic E-state index is -4.11. The molecule has 0 radical (unpaired) electrons. The average molecular weight is 556 g/mol. The summed E-state index contributed by atoms with van der Waals surface area (Å²) in [5.74, 6) is 0.499. The van der Waals surface area contributed by atoms with Gasteiger partial charge in [0.05, 0.1) is 13.7 Å². The first-order chi connectivity index (χ1) is 18.3. The third-order valence-electron chi connectivity index (χ3n) is 6.33. The van der Waals surface area contributed by atoms with Crippen molar-refractivity contribution in [1.29, 1.82) is 0 Å². The highest BCUT2D eigenvalue weighted by molar-refractivity contribution is 7.89. The van der Waals surface area contributed by atoms with Crippen LogP contribution in [0.5, 0.6) is 11.5 Å². The van der Waals surface area contributed by atoms with Gasteiger partial charge in [-0.2, -0.15) is 4.31 Å². The predicted octanol–water partition coefficient (Wildman–Crippen LogP) is 4.06. The van der Waals surface area contributed by atoms with Crippen molar-refractivity contribution in [1.82, 2.24) is 9.29 Å². The van der Waals surface area contributed by atoms with Gasteiger partial charge < -0.3 is 24.9 Å². The molecule has 0 spiro atoms. The number of nitrogens with two attached hydrogens (primary N) is 1. The minimum Gasteiger partial charge on any atom is -0.497 e. The summed E-state index contributed by atoms with van der Waals surface area (Å²) in [7, 11) is -2.49. The number of morpholine rings is 1. The highest BCUT2D eigenvalue weighted by Crippen LogP contribution is 2.32. The lowest BCUT2D eigenvalue weighted by atomic mass is 10.1. The molecule has 1 amide bonds. The van der Waals surface area contributed by atoms with E-state index < -0.39 is 22.0 Å². The molecule has 4 aromatic rings. The zero-order valence-corrected chi connectivity index (χ0v) is 22.1. The Morgan fingerprint density at radius 1 is 1.11 bits per heavy atom. The van der Waals surface area contributed by atoms with Crippen molar-refractivity contribution in [3.63, 3.8) is 0 Å². The van der Waals surface area contributed by atoms with Gasteiger partial charge in [0.15, 0.2) is 0 Å². The fourth-order valence-electron chi connectivity index (χ4n) is 4.48. The number of amides is 1. The van der Waals surface area contributed by atoms with Crippen LogP contribution in [-0.4, -0.2) is 63.1 Å². The van der Waals surface area contributed by atoms with E-state index in [1.165, 1.54) is 10.4 Å². The number of rotatable bonds is 8. The molecule has 1 aliphatic heterocycles. The predicted molar refractivity (Wildman–Crippen MR) is 144 cm³/mol. The van der Waals surface area contributed by atoms with Crippen LogP contribution in [-0.2, 0) is 14.8 Å². The summed E-state index contributed by atoms with van der Waals surface area (Å²) in [6, 6.07) is 20.0. The Kier molecular flexibility index (Phi) is 7.31. The molecule has 11 heteroatoms. The fourth-order valence-corrected chi connectivity index (χ4v) is 6.44. The molecule has 1 atom stereocenters. The minimum absolute atomic E-state index is 0.0450. The van der Waals surface area contributed by atoms with Crippen molar-refractivity contribution in [3.8, 4) is 22.6 Å². The Labute approximate surface area is 225 Å². The van der Waals surface area contributed by atoms with E-state index in [1.54, 1.807) is 19.2 Å². The quantitative estimate of drug-likeness (QED) is 0.338. The molecule has 0 unspecified atom stereocenters. The number of nitrogens with one attached hydrogen (secondary N) is 1. The van der Waals surface area contributed by atoms with E-state index in [1.807, 2.05) is 48.5 Å². The largest absolute Gasteiger partial charge is 0.497 e. The highest BCUT2D eigenvalue weighted by atomic mass is 35.5. The number of carbonyl (C=O) groups is 1. The molecule has 0 aliphatic carbocycles. The molecule has 1 saturated heterocycles. The first-order valence-electron chi connectivity index (χ1n) is 11.9. The van der Waals surface area contributed by atoms with Crippen molar-refractivity contribution >= 4 is 38.4 Å². The first-order valence-corrected chi connectivity index (χ1v) is 13.7. The molecule has 38 heavy (non-hydrogen) atoms. The number of hydrogen-bond donors (Lipinski definition) is 2. The number of hydrogen-bond acceptors (Lipinski definition) is 6. The zero-order chi connectivity index (χ0) is 26.9. The normalized spacial score (nSPS) is 16.4. The number of methoxy groups -OCH3 is 1. The number of aromatic amines is 1. The number of sulfonamides is 1. The molecular weight excluding hydrogens is 530 g/mol. The number of H-pyrrole nitrogens is 1. The van der Waals surface area contributed by atoms with E-state index in [4.69, 9.17) is 31.5 Å². The molecule has 1 fully saturated rings. The van der Waals surface area contributed by atoms with Crippen LogP contribution < -0.4 is 15.2 Å². The van der Waals surface area contributed by atoms with Gasteiger partial charge in [-0.15, -0.1) is 0 Å². The maximum absolute atomic E-state index is 13.7. The van der Waals surface area contributed by atoms with Gasteiger partial charge in [0.2, 0.25) is 10.0 Å². The van der Waals surface area contributed by atoms with Crippen molar-refractivity contribution in [2.75, 3.05) is 33.4 Å². The van der Waals surface area contributed by atoms with E-state index in [9.17, 15) is 13.2 Å². The Morgan fingerprint density at radius 2 is 1.82 bits per heavy atom. The standard InChI is InChI=1S/C27H26ClN3O6S/c1-35-20-6-2-4-17(12-20)18-5-3-7-21(13-18)37-16-22-15-31(10-11-36-22)38(33,34)26-23-14-19(28)8-9-24(23)30-25(26)27(29)32/h2-9,12-14,22,30H,10-11,15-16H2,1H3,(H2,29,32)/t22-/m0/s1. The second kappa shape index (κ2) is 10.7. The van der Waals surface area contributed by atoms with Gasteiger partial charge >= 0.3 is 0 Å². The molecule has 0 bridgehead atoms. The van der Waals surface area contributed by atoms with Crippen LogP contribution in [0.4, 0.5) is 0 Å². The van der Waals surface area contributed by atoms with E-state index in [-0.39, 0.29) is 36.9 Å². The van der Waals surface area contributed by atoms with Crippen LogP contribution in [0.1, 0.15) is 10.5 Å². The molecule has 3 N–H and O–H groups in total. The summed E-state index contributed by atoms with van der Waals surface area (Å²) in [5.41, 5.74) is 7.71. The number of halogens is 1. The maximum atomic E-state index is 13.7. The Hall–Kier alpha value is -3.57. The van der Waals surface area contributed by atoms with Gasteiger partial charge in [-0.05, 0) is 53.6 Å². The van der Waals surface area contributed by atoms with E-state index in [0.717, 1.165) is 16.9 Å². The van der Waals surface area contributed by atoms with Crippen molar-refractivity contribution in [3.05, 3.63) is 77.4 Å². The van der Waals surface area contributed by atoms with Crippen molar-refractivity contribution in [2.45, 2.75) is 11.0 Å². The Bertz CT molecular complexity index is 1600. The maximum Gasteiger partial charge on any atom is 0.266 e. The van der Waals surface area contributed by atoms with Crippen LogP contribution >= 0.6 is 11.6 Å². The molecule has 1 aromatic heterocycles. The zero-order valence-electron chi connectivity index (χ0n) is 20.5. The molecule has 5 rings (SSSR count). The van der Waals surface area contributed by atoms with Crippen molar-refractivity contribution < 1.29 is 27.4 Å². The first kappa shape index (κ1) is 26.1. The number of primary amides is 1. The Morgan fingerprint density at radius 3 is 2.53 bits per heavy atom. The summed E-state index contributed by atoms with van der Waals surface area (Å²) < 4.78 is 45.8. The monoisotopic (exact) mass is 555 g/mol. The second-order valence-electron chi connectivity index (χ2n) is 8.81. The second-order valence-corrected chi connectivity index (χ2v) is 11.1. The molecule has 1 aliphatic rings. The van der Waals surface area contributed by atoms with Gasteiger partial charge in [-0.1, -0.05) is 35.9 Å². The molecule has 9 nitrogen and oxygen atoms in total. The number of carbonyl (C=O) groups excluding carboxylic acids is 1. The molecular formula is C27H26ClN3O6S. The van der Waals surface area contributed by atoms with Gasteiger partial charge in [-0.25, -0.2) is 8.42 Å². The number of fused-ring (bicyclic) bond motifs is 1. The van der Waals surface area contributed by atoms with Crippen LogP contribution in [0.2, 0.25) is 5.02 Å². The smallest absolute Gasteiger partial charge is 0.266 e. The lowest BCUT2D eigenvalue weighted by Crippen LogP contribution is -2.47. The third-order valence-corrected chi connectivity index (χ3v) is 8.52. The molecule has 3 aromatic carbocycles. The van der Waals surface area contributed by atoms with Gasteiger partial charge in [0.25, 0.3) is 5.91 Å². The third kappa shape index (κ3) is 5.21. The number of benzene rings is 3. The molecule has 198 valence electrons. The van der Waals surface area contributed by atoms with E-state index >= 15 is 0 Å². The van der Waals surface area contributed by atoms with E-state index in [2.05, 4.69) is 4.98 Å². The van der Waals surface area contributed by atoms with Gasteiger partial charge in [-0.3, -0.25) is 4.79 Å². The van der Waals surface area contributed by atoms with E-state index in [0.29, 0.717) is 21.7 Å². The van der Waals surface area contributed by atoms with Gasteiger partial charge in [0.1, 0.15) is 34.8 Å². The summed E-state index contributed by atoms with van der Waals surface area (Å²) in [6.45, 7) is 0.473. The van der Waals surface area contributed by atoms with Crippen LogP contribution in [0.3, 0.4) is 0 Å². The molecule has 0 saturated carbocycles. The van der Waals surface area contributed by atoms with Crippen molar-refractivity contribution in [2.24, 2.45) is 5.73 Å². The summed E-state index contributed by atoms with van der Waals surface area (Å²) in [6.07, 6.45) is -0.523. The fraction of sp³-hybridized carbons (Fsp3) is 0.222. The summed E-state index contributed by atoms with van der Waals surface area (Å²) in [4.78, 5) is 14.8. The molecule has 2 heterocycles. The average Bonchev–Trinajstić information content (AvgIpc) is 3.32. The number of ether oxygens (including phenoxy) is 3. The topological polar surface area (TPSA) is 124 Å². The Balaban J connectivity index is 1.34. The lowest BCUT2D eigenvalue weighted by Gasteiger charge is -2.32. The van der Waals surface area contributed by atoms with Crippen LogP contribution in [0, 0.1) is 0 Å². The summed E-state index contributed by atoms with van der Waals surface area (Å²) in [5, 5.41) is 0.647. The number of nitrogens with zero attached hydrogens (tertiary/aromatic N) is 1. The SMILES string of the molecule is COc1cccc(-c2cccc(OC[C@@H]3CN(S(=O)(=O)c4c(C(N)=O)[nH]c5ccc(Cl)cc45)CCO3)c2)c1. The number of aromatic nitrogens is 1. The van der Waals surface area contributed by atoms with Crippen LogP contribution in [0.25, 0.3) is 22.0 Å². The van der Waals surface area contributed by atoms with Crippen LogP contribution in [0.15, 0.2) is 71.6 Å². The highest BCUT2D eigenvalue weighted by Gasteiger charge is 2.36. The van der Waals surface area contributed by atoms with Gasteiger partial charge in [0, 0.05) is 29.0 Å². The summed E-state index contributed by atoms with van der Waals surface area (Å²) >= 11 is 6.12. The lowest BCUT2D eigenvalue weighted by molar-refractivity contribution is -0.0249.